The fourth-order valence-electron chi connectivity index (χ4n) is 3.06. The van der Waals surface area contributed by atoms with Crippen LogP contribution in [-0.2, 0) is 11.4 Å². The first kappa shape index (κ1) is 23.5. The molecule has 2 aromatic carbocycles. The van der Waals surface area contributed by atoms with Gasteiger partial charge in [-0.25, -0.2) is 4.68 Å². The molecule has 3 N–H and O–H groups in total. The second-order valence-electron chi connectivity index (χ2n) is 7.52. The standard InChI is InChI=1S/C23H29N5O3S/c1-5-30-19-9-7-6-8-18(19)25-22(29)14-32-23-27-26-21(28(23)24)13-31-20-12-16(4)10-11-17(20)15(2)3/h6-12,15H,5,13-14,24H2,1-4H3,(H,25,29). The van der Waals surface area contributed by atoms with Crippen LogP contribution in [-0.4, -0.2) is 33.1 Å². The summed E-state index contributed by atoms with van der Waals surface area (Å²) in [5, 5.41) is 11.5. The Hall–Kier alpha value is -3.20. The summed E-state index contributed by atoms with van der Waals surface area (Å²) in [6.07, 6.45) is 0. The summed E-state index contributed by atoms with van der Waals surface area (Å²) in [4.78, 5) is 12.4. The highest BCUT2D eigenvalue weighted by atomic mass is 32.2. The fourth-order valence-corrected chi connectivity index (χ4v) is 3.73. The summed E-state index contributed by atoms with van der Waals surface area (Å²) in [5.74, 6) is 8.33. The Morgan fingerprint density at radius 2 is 1.94 bits per heavy atom. The molecular formula is C23H29N5O3S. The number of carbonyl (C=O) groups is 1. The summed E-state index contributed by atoms with van der Waals surface area (Å²) < 4.78 is 12.9. The smallest absolute Gasteiger partial charge is 0.234 e. The number of nitrogens with zero attached hydrogens (tertiary/aromatic N) is 3. The third kappa shape index (κ3) is 5.94. The van der Waals surface area contributed by atoms with Gasteiger partial charge in [-0.15, -0.1) is 10.2 Å². The Kier molecular flexibility index (Phi) is 7.99. The Morgan fingerprint density at radius 3 is 2.69 bits per heavy atom. The van der Waals surface area contributed by atoms with Gasteiger partial charge in [0.15, 0.2) is 5.82 Å². The fraction of sp³-hybridized carbons (Fsp3) is 0.348. The van der Waals surface area contributed by atoms with Crippen molar-refractivity contribution in [3.05, 3.63) is 59.4 Å². The van der Waals surface area contributed by atoms with Crippen LogP contribution in [0.2, 0.25) is 0 Å². The number of thioether (sulfide) groups is 1. The van der Waals surface area contributed by atoms with Crippen molar-refractivity contribution >= 4 is 23.4 Å². The lowest BCUT2D eigenvalue weighted by atomic mass is 10.0. The molecule has 170 valence electrons. The molecule has 0 aliphatic heterocycles. The van der Waals surface area contributed by atoms with Gasteiger partial charge in [0, 0.05) is 0 Å². The second-order valence-corrected chi connectivity index (χ2v) is 8.46. The number of nitrogens with two attached hydrogens (primary N) is 1. The molecule has 3 aromatic rings. The minimum atomic E-state index is -0.190. The van der Waals surface area contributed by atoms with Gasteiger partial charge in [0.1, 0.15) is 18.1 Å². The molecule has 0 bridgehead atoms. The highest BCUT2D eigenvalue weighted by Gasteiger charge is 2.15. The van der Waals surface area contributed by atoms with Crippen molar-refractivity contribution in [2.24, 2.45) is 0 Å². The largest absolute Gasteiger partial charge is 0.492 e. The van der Waals surface area contributed by atoms with E-state index in [4.69, 9.17) is 15.3 Å². The quantitative estimate of drug-likeness (QED) is 0.350. The van der Waals surface area contributed by atoms with Crippen LogP contribution in [0.25, 0.3) is 0 Å². The van der Waals surface area contributed by atoms with Crippen LogP contribution in [0.3, 0.4) is 0 Å². The van der Waals surface area contributed by atoms with E-state index in [-0.39, 0.29) is 18.3 Å². The molecule has 3 rings (SSSR count). The number of hydrogen-bond donors (Lipinski definition) is 2. The number of nitrogen functional groups attached to an aromatic ring is 1. The zero-order valence-electron chi connectivity index (χ0n) is 18.8. The minimum absolute atomic E-state index is 0.131. The Morgan fingerprint density at radius 1 is 1.16 bits per heavy atom. The van der Waals surface area contributed by atoms with E-state index in [0.717, 1.165) is 16.9 Å². The molecule has 0 saturated carbocycles. The number of nitrogens with one attached hydrogen (secondary N) is 1. The van der Waals surface area contributed by atoms with Crippen molar-refractivity contribution in [2.45, 2.75) is 45.4 Å². The summed E-state index contributed by atoms with van der Waals surface area (Å²) in [7, 11) is 0. The molecule has 8 nitrogen and oxygen atoms in total. The molecule has 32 heavy (non-hydrogen) atoms. The van der Waals surface area contributed by atoms with E-state index < -0.39 is 0 Å². The van der Waals surface area contributed by atoms with Crippen LogP contribution in [0, 0.1) is 6.92 Å². The van der Waals surface area contributed by atoms with Crippen molar-refractivity contribution < 1.29 is 14.3 Å². The van der Waals surface area contributed by atoms with Crippen LogP contribution in [0.15, 0.2) is 47.6 Å². The molecular weight excluding hydrogens is 426 g/mol. The zero-order valence-corrected chi connectivity index (χ0v) is 19.6. The van der Waals surface area contributed by atoms with Crippen LogP contribution < -0.4 is 20.6 Å². The first-order valence-electron chi connectivity index (χ1n) is 10.5. The molecule has 0 unspecified atom stereocenters. The summed E-state index contributed by atoms with van der Waals surface area (Å²) in [6.45, 7) is 8.86. The third-order valence-electron chi connectivity index (χ3n) is 4.68. The highest BCUT2D eigenvalue weighted by Crippen LogP contribution is 2.28. The lowest BCUT2D eigenvalue weighted by molar-refractivity contribution is -0.113. The van der Waals surface area contributed by atoms with Gasteiger partial charge in [0.2, 0.25) is 11.1 Å². The van der Waals surface area contributed by atoms with Gasteiger partial charge in [-0.05, 0) is 49.1 Å². The highest BCUT2D eigenvalue weighted by molar-refractivity contribution is 7.99. The first-order valence-corrected chi connectivity index (χ1v) is 11.4. The van der Waals surface area contributed by atoms with E-state index in [1.165, 1.54) is 16.4 Å². The number of amides is 1. The SMILES string of the molecule is CCOc1ccccc1NC(=O)CSc1nnc(COc2cc(C)ccc2C(C)C)n1N. The summed E-state index contributed by atoms with van der Waals surface area (Å²) >= 11 is 1.20. The van der Waals surface area contributed by atoms with Crippen molar-refractivity contribution in [1.29, 1.82) is 0 Å². The molecule has 0 atom stereocenters. The zero-order chi connectivity index (χ0) is 23.1. The van der Waals surface area contributed by atoms with E-state index in [1.54, 1.807) is 6.07 Å². The van der Waals surface area contributed by atoms with Gasteiger partial charge in [0.05, 0.1) is 18.0 Å². The molecule has 0 spiro atoms. The number of para-hydroxylation sites is 2. The molecule has 1 heterocycles. The number of rotatable bonds is 10. The van der Waals surface area contributed by atoms with Gasteiger partial charge in [-0.2, -0.15) is 0 Å². The lowest BCUT2D eigenvalue weighted by Gasteiger charge is -2.14. The molecule has 0 fully saturated rings. The Balaban J connectivity index is 1.59. The summed E-state index contributed by atoms with van der Waals surface area (Å²) in [6, 6.07) is 13.5. The van der Waals surface area contributed by atoms with E-state index >= 15 is 0 Å². The first-order chi connectivity index (χ1) is 15.4. The number of aryl methyl sites for hydroxylation is 1. The molecule has 1 amide bonds. The van der Waals surface area contributed by atoms with E-state index in [0.29, 0.717) is 34.9 Å². The maximum atomic E-state index is 12.4. The third-order valence-corrected chi connectivity index (χ3v) is 5.62. The second kappa shape index (κ2) is 10.9. The van der Waals surface area contributed by atoms with Crippen LogP contribution >= 0.6 is 11.8 Å². The maximum absolute atomic E-state index is 12.4. The van der Waals surface area contributed by atoms with Crippen LogP contribution in [0.5, 0.6) is 11.5 Å². The number of anilines is 1. The Bertz CT molecular complexity index is 1070. The normalized spacial score (nSPS) is 10.9. The number of benzene rings is 2. The number of hydrogen-bond acceptors (Lipinski definition) is 7. The molecule has 0 aliphatic carbocycles. The van der Waals surface area contributed by atoms with Crippen molar-refractivity contribution in [2.75, 3.05) is 23.5 Å². The van der Waals surface area contributed by atoms with E-state index in [2.05, 4.69) is 41.5 Å². The van der Waals surface area contributed by atoms with Gasteiger partial charge in [0.25, 0.3) is 0 Å². The monoisotopic (exact) mass is 455 g/mol. The van der Waals surface area contributed by atoms with Crippen molar-refractivity contribution in [1.82, 2.24) is 14.9 Å². The average molecular weight is 456 g/mol. The van der Waals surface area contributed by atoms with Crippen molar-refractivity contribution in [3.8, 4) is 11.5 Å². The minimum Gasteiger partial charge on any atom is -0.492 e. The van der Waals surface area contributed by atoms with Crippen LogP contribution in [0.4, 0.5) is 5.69 Å². The summed E-state index contributed by atoms with van der Waals surface area (Å²) in [5.41, 5.74) is 2.87. The maximum Gasteiger partial charge on any atom is 0.234 e. The van der Waals surface area contributed by atoms with Crippen molar-refractivity contribution in [3.63, 3.8) is 0 Å². The molecule has 0 saturated heterocycles. The van der Waals surface area contributed by atoms with Crippen LogP contribution in [0.1, 0.15) is 43.6 Å². The van der Waals surface area contributed by atoms with Gasteiger partial charge in [-0.3, -0.25) is 4.79 Å². The lowest BCUT2D eigenvalue weighted by Crippen LogP contribution is -2.18. The van der Waals surface area contributed by atoms with E-state index in [1.807, 2.05) is 38.1 Å². The number of aromatic nitrogens is 3. The topological polar surface area (TPSA) is 104 Å². The average Bonchev–Trinajstić information content (AvgIpc) is 3.11. The van der Waals surface area contributed by atoms with Gasteiger partial charge >= 0.3 is 0 Å². The number of carbonyl (C=O) groups excluding carboxylic acids is 1. The Labute approximate surface area is 192 Å². The molecule has 0 radical (unpaired) electrons. The van der Waals surface area contributed by atoms with E-state index in [9.17, 15) is 4.79 Å². The van der Waals surface area contributed by atoms with Gasteiger partial charge in [-0.1, -0.05) is 49.9 Å². The molecule has 9 heteroatoms. The predicted octanol–water partition coefficient (Wildman–Crippen LogP) is 4.13. The molecule has 1 aromatic heterocycles. The number of ether oxygens (including phenoxy) is 2. The van der Waals surface area contributed by atoms with Gasteiger partial charge < -0.3 is 20.6 Å². The predicted molar refractivity (Wildman–Crippen MR) is 127 cm³/mol. The molecule has 0 aliphatic rings.